The van der Waals surface area contributed by atoms with E-state index in [1.165, 1.54) is 18.2 Å². The molecular weight excluding hydrogens is 389 g/mol. The SMILES string of the molecule is CCOC(=O)C=CCOc1cc(-n2c(O)c3c(c2O)CCCC3)c(F)cc1Cl. The van der Waals surface area contributed by atoms with Crippen LogP contribution in [-0.4, -0.2) is 34.0 Å². The number of carbonyl (C=O) groups excluding carboxylic acids is 1. The first-order valence-corrected chi connectivity index (χ1v) is 9.41. The fourth-order valence-corrected chi connectivity index (χ4v) is 3.48. The molecule has 1 aromatic carbocycles. The molecule has 0 spiro atoms. The molecule has 0 atom stereocenters. The zero-order valence-corrected chi connectivity index (χ0v) is 16.1. The number of rotatable bonds is 6. The number of aromatic hydroxyl groups is 2. The number of esters is 1. The first kappa shape index (κ1) is 20.1. The molecule has 1 heterocycles. The van der Waals surface area contributed by atoms with Gasteiger partial charge in [0.1, 0.15) is 18.2 Å². The fraction of sp³-hybridized carbons (Fsp3) is 0.350. The normalized spacial score (nSPS) is 13.5. The maximum atomic E-state index is 14.6. The summed E-state index contributed by atoms with van der Waals surface area (Å²) in [5, 5.41) is 21.1. The molecular formula is C20H21ClFNO5. The molecule has 6 nitrogen and oxygen atoms in total. The number of benzene rings is 1. The minimum Gasteiger partial charge on any atom is -0.494 e. The second-order valence-electron chi connectivity index (χ2n) is 6.35. The highest BCUT2D eigenvalue weighted by atomic mass is 35.5. The molecule has 8 heteroatoms. The van der Waals surface area contributed by atoms with Crippen LogP contribution in [0.2, 0.25) is 5.02 Å². The summed E-state index contributed by atoms with van der Waals surface area (Å²) in [5.74, 6) is -1.41. The summed E-state index contributed by atoms with van der Waals surface area (Å²) in [4.78, 5) is 11.3. The van der Waals surface area contributed by atoms with Gasteiger partial charge in [0.05, 0.1) is 17.3 Å². The number of halogens is 2. The number of carbonyl (C=O) groups is 1. The van der Waals surface area contributed by atoms with Gasteiger partial charge in [-0.1, -0.05) is 11.6 Å². The standard InChI is InChI=1S/C20H21ClFNO5/c1-2-27-18(24)8-5-9-28-17-11-16(15(22)10-14(17)21)23-19(25)12-6-3-4-7-13(12)20(23)26/h5,8,10-11,25-26H,2-4,6-7,9H2,1H3. The van der Waals surface area contributed by atoms with E-state index in [4.69, 9.17) is 21.1 Å². The Morgan fingerprint density at radius 3 is 2.50 bits per heavy atom. The van der Waals surface area contributed by atoms with Gasteiger partial charge < -0.3 is 19.7 Å². The monoisotopic (exact) mass is 409 g/mol. The number of ether oxygens (including phenoxy) is 2. The van der Waals surface area contributed by atoms with Crippen LogP contribution in [0.5, 0.6) is 17.5 Å². The van der Waals surface area contributed by atoms with Crippen LogP contribution < -0.4 is 4.74 Å². The zero-order chi connectivity index (χ0) is 20.3. The Hall–Kier alpha value is -2.67. The van der Waals surface area contributed by atoms with E-state index < -0.39 is 11.8 Å². The Kier molecular flexibility index (Phi) is 6.14. The molecule has 0 amide bonds. The molecule has 0 radical (unpaired) electrons. The number of hydrogen-bond donors (Lipinski definition) is 2. The molecule has 0 aliphatic heterocycles. The molecule has 1 aliphatic rings. The third kappa shape index (κ3) is 3.94. The summed E-state index contributed by atoms with van der Waals surface area (Å²) in [7, 11) is 0. The second-order valence-corrected chi connectivity index (χ2v) is 6.75. The van der Waals surface area contributed by atoms with E-state index in [1.807, 2.05) is 0 Å². The van der Waals surface area contributed by atoms with Gasteiger partial charge in [0.15, 0.2) is 0 Å². The quantitative estimate of drug-likeness (QED) is 0.555. The molecule has 3 rings (SSSR count). The van der Waals surface area contributed by atoms with Gasteiger partial charge in [0.2, 0.25) is 11.8 Å². The van der Waals surface area contributed by atoms with Crippen LogP contribution in [0.3, 0.4) is 0 Å². The van der Waals surface area contributed by atoms with Crippen LogP contribution in [-0.2, 0) is 22.4 Å². The first-order chi connectivity index (χ1) is 13.4. The summed E-state index contributed by atoms with van der Waals surface area (Å²) in [6.07, 6.45) is 5.71. The van der Waals surface area contributed by atoms with Gasteiger partial charge in [-0.2, -0.15) is 0 Å². The lowest BCUT2D eigenvalue weighted by atomic mass is 9.95. The van der Waals surface area contributed by atoms with E-state index in [1.54, 1.807) is 6.92 Å². The summed E-state index contributed by atoms with van der Waals surface area (Å²) in [6.45, 7) is 1.97. The Balaban J connectivity index is 1.89. The maximum Gasteiger partial charge on any atom is 0.330 e. The Labute approximate surface area is 166 Å². The van der Waals surface area contributed by atoms with E-state index in [0.717, 1.165) is 23.5 Å². The largest absolute Gasteiger partial charge is 0.494 e. The smallest absolute Gasteiger partial charge is 0.330 e. The Bertz CT molecular complexity index is 893. The van der Waals surface area contributed by atoms with Crippen molar-refractivity contribution < 1.29 is 28.9 Å². The van der Waals surface area contributed by atoms with E-state index in [2.05, 4.69) is 0 Å². The van der Waals surface area contributed by atoms with Gasteiger partial charge in [0.25, 0.3) is 0 Å². The molecule has 1 aromatic heterocycles. The van der Waals surface area contributed by atoms with Crippen molar-refractivity contribution in [2.24, 2.45) is 0 Å². The predicted molar refractivity (Wildman–Crippen MR) is 102 cm³/mol. The Morgan fingerprint density at radius 2 is 1.89 bits per heavy atom. The molecule has 0 saturated heterocycles. The van der Waals surface area contributed by atoms with E-state index >= 15 is 0 Å². The molecule has 0 unspecified atom stereocenters. The average molecular weight is 410 g/mol. The van der Waals surface area contributed by atoms with Crippen LogP contribution >= 0.6 is 11.6 Å². The van der Waals surface area contributed by atoms with Gasteiger partial charge in [-0.3, -0.25) is 0 Å². The van der Waals surface area contributed by atoms with E-state index in [9.17, 15) is 19.4 Å². The minimum absolute atomic E-state index is 0.00372. The molecule has 28 heavy (non-hydrogen) atoms. The molecule has 0 saturated carbocycles. The van der Waals surface area contributed by atoms with Crippen LogP contribution in [0.15, 0.2) is 24.3 Å². The summed E-state index contributed by atoms with van der Waals surface area (Å²) >= 11 is 6.05. The number of aromatic nitrogens is 1. The molecule has 150 valence electrons. The molecule has 2 N–H and O–H groups in total. The van der Waals surface area contributed by atoms with Crippen LogP contribution in [0.1, 0.15) is 30.9 Å². The Morgan fingerprint density at radius 1 is 1.25 bits per heavy atom. The number of nitrogens with zero attached hydrogens (tertiary/aromatic N) is 1. The lowest BCUT2D eigenvalue weighted by Crippen LogP contribution is -2.02. The summed E-state index contributed by atoms with van der Waals surface area (Å²) in [5.41, 5.74) is 1.20. The first-order valence-electron chi connectivity index (χ1n) is 9.03. The average Bonchev–Trinajstić information content (AvgIpc) is 2.92. The highest BCUT2D eigenvalue weighted by Gasteiger charge is 2.27. The highest BCUT2D eigenvalue weighted by Crippen LogP contribution is 2.42. The van der Waals surface area contributed by atoms with Crippen LogP contribution in [0, 0.1) is 5.82 Å². The van der Waals surface area contributed by atoms with Crippen LogP contribution in [0.25, 0.3) is 5.69 Å². The van der Waals surface area contributed by atoms with Crippen molar-refractivity contribution in [3.8, 4) is 23.2 Å². The topological polar surface area (TPSA) is 80.9 Å². The maximum absolute atomic E-state index is 14.6. The predicted octanol–water partition coefficient (Wildman–Crippen LogP) is 4.06. The van der Waals surface area contributed by atoms with E-state index in [0.29, 0.717) is 24.0 Å². The molecule has 1 aliphatic carbocycles. The fourth-order valence-electron chi connectivity index (χ4n) is 3.27. The van der Waals surface area contributed by atoms with Crippen molar-refractivity contribution in [2.75, 3.05) is 13.2 Å². The molecule has 0 bridgehead atoms. The van der Waals surface area contributed by atoms with Crippen molar-refractivity contribution >= 4 is 17.6 Å². The number of hydrogen-bond acceptors (Lipinski definition) is 5. The van der Waals surface area contributed by atoms with Crippen molar-refractivity contribution in [3.63, 3.8) is 0 Å². The van der Waals surface area contributed by atoms with E-state index in [-0.39, 0.29) is 41.4 Å². The van der Waals surface area contributed by atoms with Gasteiger partial charge in [0, 0.05) is 23.3 Å². The lowest BCUT2D eigenvalue weighted by molar-refractivity contribution is -0.137. The number of fused-ring (bicyclic) bond motifs is 1. The highest BCUT2D eigenvalue weighted by molar-refractivity contribution is 6.32. The van der Waals surface area contributed by atoms with Gasteiger partial charge in [-0.05, 0) is 44.7 Å². The third-order valence-corrected chi connectivity index (χ3v) is 4.84. The molecule has 2 aromatic rings. The van der Waals surface area contributed by atoms with Gasteiger partial charge in [-0.25, -0.2) is 13.8 Å². The van der Waals surface area contributed by atoms with Gasteiger partial charge in [-0.15, -0.1) is 0 Å². The van der Waals surface area contributed by atoms with Crippen molar-refractivity contribution in [2.45, 2.75) is 32.6 Å². The van der Waals surface area contributed by atoms with Crippen molar-refractivity contribution in [1.29, 1.82) is 0 Å². The van der Waals surface area contributed by atoms with Crippen LogP contribution in [0.4, 0.5) is 4.39 Å². The van der Waals surface area contributed by atoms with Gasteiger partial charge >= 0.3 is 5.97 Å². The zero-order valence-electron chi connectivity index (χ0n) is 15.4. The summed E-state index contributed by atoms with van der Waals surface area (Å²) in [6, 6.07) is 2.36. The van der Waals surface area contributed by atoms with Crippen molar-refractivity contribution in [1.82, 2.24) is 4.57 Å². The van der Waals surface area contributed by atoms with Crippen molar-refractivity contribution in [3.05, 3.63) is 46.3 Å². The lowest BCUT2D eigenvalue weighted by Gasteiger charge is -2.12. The minimum atomic E-state index is -0.711. The molecule has 0 fully saturated rings. The summed E-state index contributed by atoms with van der Waals surface area (Å²) < 4.78 is 25.9. The third-order valence-electron chi connectivity index (χ3n) is 4.55. The second kappa shape index (κ2) is 8.56.